The zero-order valence-corrected chi connectivity index (χ0v) is 20.8. The van der Waals surface area contributed by atoms with E-state index in [9.17, 15) is 14.4 Å². The molecule has 2 amide bonds. The summed E-state index contributed by atoms with van der Waals surface area (Å²) >= 11 is 0. The van der Waals surface area contributed by atoms with E-state index in [-0.39, 0.29) is 30.1 Å². The van der Waals surface area contributed by atoms with E-state index in [4.69, 9.17) is 11.2 Å². The highest BCUT2D eigenvalue weighted by Crippen LogP contribution is 2.50. The minimum Gasteiger partial charge on any atom is -0.453 e. The van der Waals surface area contributed by atoms with Crippen LogP contribution in [-0.4, -0.2) is 54.0 Å². The Kier molecular flexibility index (Phi) is 4.43. The molecule has 2 aliphatic rings. The number of carbonyl (C=O) groups is 2. The first-order valence-electron chi connectivity index (χ1n) is 14.2. The fourth-order valence-electron chi connectivity index (χ4n) is 5.44. The third-order valence-corrected chi connectivity index (χ3v) is 7.60. The number of methoxy groups -OCH3 is 1. The monoisotopic (exact) mass is 523 g/mol. The van der Waals surface area contributed by atoms with Crippen molar-refractivity contribution in [2.45, 2.75) is 50.2 Å². The molecule has 0 aliphatic heterocycles. The first-order valence-corrected chi connectivity index (χ1v) is 12.2. The van der Waals surface area contributed by atoms with Gasteiger partial charge in [-0.25, -0.2) is 24.2 Å². The highest BCUT2D eigenvalue weighted by atomic mass is 16.5. The summed E-state index contributed by atoms with van der Waals surface area (Å²) in [6, 6.07) is 3.09. The Labute approximate surface area is 222 Å². The molecule has 0 bridgehead atoms. The van der Waals surface area contributed by atoms with Gasteiger partial charge < -0.3 is 21.1 Å². The van der Waals surface area contributed by atoms with E-state index >= 15 is 0 Å². The lowest BCUT2D eigenvalue weighted by molar-refractivity contribution is -0.123. The summed E-state index contributed by atoms with van der Waals surface area (Å²) in [4.78, 5) is 46.6. The molecular formula is C25H29N9O4. The van der Waals surface area contributed by atoms with Gasteiger partial charge in [0.15, 0.2) is 5.65 Å². The first-order chi connectivity index (χ1) is 19.8. The second-order valence-corrected chi connectivity index (χ2v) is 9.85. The maximum absolute atomic E-state index is 13.5. The smallest absolute Gasteiger partial charge is 0.407 e. The van der Waals surface area contributed by atoms with Crippen LogP contribution in [0.3, 0.4) is 0 Å². The lowest BCUT2D eigenvalue weighted by Gasteiger charge is -2.15. The number of aromatic nitrogens is 6. The molecule has 0 aromatic carbocycles. The summed E-state index contributed by atoms with van der Waals surface area (Å²) in [5.41, 5.74) is 4.87. The Morgan fingerprint density at radius 1 is 1.26 bits per heavy atom. The fraction of sp³-hybridized carbons (Fsp3) is 0.440. The number of fused-ring (bicyclic) bond motifs is 2. The number of hydrogen-bond donors (Lipinski definition) is 3. The van der Waals surface area contributed by atoms with Gasteiger partial charge in [0.2, 0.25) is 5.91 Å². The number of anilines is 2. The van der Waals surface area contributed by atoms with Crippen LogP contribution in [0, 0.1) is 5.92 Å². The molecule has 6 rings (SSSR count). The van der Waals surface area contributed by atoms with Crippen molar-refractivity contribution in [2.24, 2.45) is 18.6 Å². The summed E-state index contributed by atoms with van der Waals surface area (Å²) in [6.45, 7) is -0.857. The average Bonchev–Trinajstić information content (AvgIpc) is 3.19. The quantitative estimate of drug-likeness (QED) is 0.345. The Morgan fingerprint density at radius 2 is 2.08 bits per heavy atom. The van der Waals surface area contributed by atoms with Gasteiger partial charge in [0, 0.05) is 34.6 Å². The lowest BCUT2D eigenvalue weighted by atomic mass is 10.2. The summed E-state index contributed by atoms with van der Waals surface area (Å²) in [5.74, 6) is 0.195. The third kappa shape index (κ3) is 3.60. The van der Waals surface area contributed by atoms with Crippen LogP contribution in [0.1, 0.15) is 44.1 Å². The topological polar surface area (TPSA) is 164 Å². The fourth-order valence-corrected chi connectivity index (χ4v) is 5.44. The van der Waals surface area contributed by atoms with Crippen molar-refractivity contribution >= 4 is 45.7 Å². The lowest BCUT2D eigenvalue weighted by Crippen LogP contribution is -2.36. The largest absolute Gasteiger partial charge is 0.453 e. The summed E-state index contributed by atoms with van der Waals surface area (Å²) in [6.07, 6.45) is 3.36. The molecule has 38 heavy (non-hydrogen) atoms. The van der Waals surface area contributed by atoms with Crippen LogP contribution < -0.4 is 22.1 Å². The molecule has 13 heteroatoms. The molecule has 0 saturated heterocycles. The summed E-state index contributed by atoms with van der Waals surface area (Å²) < 4.78 is 40.8. The van der Waals surface area contributed by atoms with Gasteiger partial charge in [-0.2, -0.15) is 5.10 Å². The number of carbonyl (C=O) groups excluding carboxylic acids is 2. The van der Waals surface area contributed by atoms with Crippen molar-refractivity contribution in [1.29, 1.82) is 0 Å². The average molecular weight is 524 g/mol. The van der Waals surface area contributed by atoms with Crippen LogP contribution in [-0.2, 0) is 22.0 Å². The molecule has 4 N–H and O–H groups in total. The minimum atomic E-state index is -2.78. The Morgan fingerprint density at radius 3 is 2.79 bits per heavy atom. The summed E-state index contributed by atoms with van der Waals surface area (Å²) in [5, 5.41) is 10.7. The van der Waals surface area contributed by atoms with Gasteiger partial charge in [-0.3, -0.25) is 13.9 Å². The van der Waals surface area contributed by atoms with E-state index in [1.54, 1.807) is 29.1 Å². The highest BCUT2D eigenvalue weighted by Gasteiger charge is 2.59. The maximum atomic E-state index is 13.5. The van der Waals surface area contributed by atoms with Crippen LogP contribution in [0.25, 0.3) is 22.1 Å². The third-order valence-electron chi connectivity index (χ3n) is 7.60. The summed E-state index contributed by atoms with van der Waals surface area (Å²) in [7, 11) is 1.20. The number of nitrogens with two attached hydrogens (primary N) is 1. The zero-order chi connectivity index (χ0) is 30.2. The molecule has 2 aliphatic carbocycles. The number of nitrogens with zero attached hydrogens (tertiary/aromatic N) is 6. The second-order valence-electron chi connectivity index (χ2n) is 9.85. The van der Waals surface area contributed by atoms with Crippen LogP contribution in [0.5, 0.6) is 0 Å². The Balaban J connectivity index is 1.39. The Bertz CT molecular complexity index is 1810. The molecule has 0 radical (unpaired) electrons. The normalized spacial score (nSPS) is 28.4. The van der Waals surface area contributed by atoms with Gasteiger partial charge in [0.25, 0.3) is 0 Å². The molecule has 13 nitrogen and oxygen atoms in total. The second kappa shape index (κ2) is 8.57. The van der Waals surface area contributed by atoms with Crippen LogP contribution in [0.15, 0.2) is 35.4 Å². The molecule has 4 aromatic rings. The number of pyridine rings is 2. The number of nitrogens with one attached hydrogen (secondary N) is 2. The van der Waals surface area contributed by atoms with Gasteiger partial charge in [-0.1, -0.05) is 6.92 Å². The van der Waals surface area contributed by atoms with Gasteiger partial charge in [-0.15, -0.1) is 0 Å². The number of amides is 2. The van der Waals surface area contributed by atoms with E-state index < -0.39 is 42.3 Å². The van der Waals surface area contributed by atoms with Gasteiger partial charge in [0.05, 0.1) is 31.9 Å². The molecule has 4 aromatic heterocycles. The van der Waals surface area contributed by atoms with Gasteiger partial charge >= 0.3 is 11.8 Å². The molecule has 2 fully saturated rings. The van der Waals surface area contributed by atoms with Crippen molar-refractivity contribution in [3.05, 3.63) is 41.1 Å². The maximum Gasteiger partial charge on any atom is 0.407 e. The standard InChI is InChI=1S/C25H29N9O4/c1-13-10-25(13,22(26)35)34-21-14(11-28-34)4-7-19(31-21)30-20-9-17-18(12-27-20)32(2)24(37)33(17)16-6-5-15(8-16)29-23(36)38-3/h4,7,9,11-13,15-16H,5-6,8,10H2,1-3H3,(H2,26,35)(H,29,36)(H,27,30,31)/i2D3,15D. The van der Waals surface area contributed by atoms with Crippen molar-refractivity contribution in [3.63, 3.8) is 0 Å². The zero-order valence-electron chi connectivity index (χ0n) is 24.8. The number of hydrogen-bond acceptors (Lipinski definition) is 8. The predicted octanol–water partition coefficient (Wildman–Crippen LogP) is 1.89. The Hall–Kier alpha value is -4.42. The van der Waals surface area contributed by atoms with Crippen LogP contribution >= 0.6 is 0 Å². The number of rotatable bonds is 6. The number of aryl methyl sites for hydroxylation is 1. The van der Waals surface area contributed by atoms with Gasteiger partial charge in [-0.05, 0) is 43.7 Å². The number of ether oxygens (including phenoxy) is 1. The number of imidazole rings is 1. The molecule has 2 saturated carbocycles. The van der Waals surface area contributed by atoms with Gasteiger partial charge in [0.1, 0.15) is 17.2 Å². The molecule has 4 heterocycles. The molecule has 4 unspecified atom stereocenters. The van der Waals surface area contributed by atoms with E-state index in [0.29, 0.717) is 39.8 Å². The molecule has 198 valence electrons. The molecule has 4 atom stereocenters. The highest BCUT2D eigenvalue weighted by molar-refractivity contribution is 5.89. The minimum absolute atomic E-state index is 0.0143. The van der Waals surface area contributed by atoms with Crippen LogP contribution in [0.4, 0.5) is 16.4 Å². The van der Waals surface area contributed by atoms with E-state index in [0.717, 1.165) is 0 Å². The van der Waals surface area contributed by atoms with Crippen molar-refractivity contribution < 1.29 is 19.8 Å². The molecule has 0 spiro atoms. The van der Waals surface area contributed by atoms with E-state index in [2.05, 4.69) is 30.4 Å². The predicted molar refractivity (Wildman–Crippen MR) is 139 cm³/mol. The first kappa shape index (κ1) is 19.7. The number of primary amides is 1. The van der Waals surface area contributed by atoms with Crippen molar-refractivity contribution in [1.82, 2.24) is 34.2 Å². The van der Waals surface area contributed by atoms with Crippen molar-refractivity contribution in [2.75, 3.05) is 12.4 Å². The van der Waals surface area contributed by atoms with Crippen LogP contribution in [0.2, 0.25) is 0 Å². The van der Waals surface area contributed by atoms with E-state index in [1.807, 2.05) is 6.92 Å². The van der Waals surface area contributed by atoms with E-state index in [1.165, 1.54) is 17.9 Å². The molecular weight excluding hydrogens is 490 g/mol. The van der Waals surface area contributed by atoms with Crippen molar-refractivity contribution in [3.8, 4) is 0 Å². The number of alkyl carbamates (subject to hydrolysis) is 1. The SMILES string of the molecule is [2H]C1(NC(=O)OC)CCC(n2c(=O)n(C([2H])([2H])[2H])c3cnc(Nc4ccc5cnn(C6(C(N)=O)CC6C)c5n4)cc32)C1.